The van der Waals surface area contributed by atoms with Gasteiger partial charge in [-0.25, -0.2) is 0 Å². The molecule has 0 aromatic carbocycles. The van der Waals surface area contributed by atoms with E-state index in [1.807, 2.05) is 0 Å². The molecule has 0 aromatic heterocycles. The Kier molecular flexibility index (Phi) is 2170. The first-order valence-electron chi connectivity index (χ1n) is 0. The minimum absolute atomic E-state index is 0. The summed E-state index contributed by atoms with van der Waals surface area (Å²) < 4.78 is 0. The van der Waals surface area contributed by atoms with Gasteiger partial charge in [0.2, 0.25) is 0 Å². The van der Waals surface area contributed by atoms with Gasteiger partial charge in [-0.15, -0.1) is 0 Å². The van der Waals surface area contributed by atoms with E-state index in [4.69, 9.17) is 0 Å². The van der Waals surface area contributed by atoms with Crippen molar-refractivity contribution in [3.05, 3.63) is 0 Å². The van der Waals surface area contributed by atoms with Gasteiger partial charge < -0.3 is 0 Å². The molecule has 0 unspecified atom stereocenters. The standard InChI is InChI=1S/49K/q49*+1. The molecular weight excluding hydrogens is 1920 g/mol. The van der Waals surface area contributed by atoms with E-state index in [-0.39, 0.29) is 2520 Å². The molecule has 0 aromatic rings. The summed E-state index contributed by atoms with van der Waals surface area (Å²) in [6.07, 6.45) is 0. The molecule has 0 valence electrons. The van der Waals surface area contributed by atoms with Gasteiger partial charge in [0, 0.05) is 0 Å². The van der Waals surface area contributed by atoms with Gasteiger partial charge in [0.15, 0.2) is 0 Å². The van der Waals surface area contributed by atoms with Crippen molar-refractivity contribution in [3.63, 3.8) is 0 Å². The zero-order valence-electron chi connectivity index (χ0n) is 49.0. The molecular formula is K49+49. The van der Waals surface area contributed by atoms with E-state index >= 15 is 0 Å². The van der Waals surface area contributed by atoms with Crippen molar-refractivity contribution in [2.24, 2.45) is 0 Å². The molecule has 0 amide bonds. The molecule has 0 rings (SSSR count). The van der Waals surface area contributed by atoms with Crippen molar-refractivity contribution in [3.8, 4) is 0 Å². The minimum atomic E-state index is 0. The van der Waals surface area contributed by atoms with Crippen molar-refractivity contribution in [1.82, 2.24) is 0 Å². The Morgan fingerprint density at radius 3 is 0.0204 bits per heavy atom. The first-order valence-corrected chi connectivity index (χ1v) is 0. The summed E-state index contributed by atoms with van der Waals surface area (Å²) in [7, 11) is 0. The van der Waals surface area contributed by atoms with E-state index in [9.17, 15) is 0 Å². The van der Waals surface area contributed by atoms with Crippen LogP contribution in [0.15, 0.2) is 0 Å². The fraction of sp³-hybridized carbons (Fsp3) is 0. The molecule has 0 N–H and O–H groups in total. The average Bonchev–Trinajstić information content (AvgIpc) is 0. The van der Waals surface area contributed by atoms with Crippen LogP contribution in [0.2, 0.25) is 0 Å². The quantitative estimate of drug-likeness (QED) is 0.212. The Labute approximate surface area is 2400 Å². The molecule has 0 aliphatic rings. The van der Waals surface area contributed by atoms with Crippen LogP contribution in [0.25, 0.3) is 0 Å². The first kappa shape index (κ1) is 330. The number of hydrogen-bond acceptors (Lipinski definition) is 0. The van der Waals surface area contributed by atoms with Gasteiger partial charge in [-0.2, -0.15) is 0 Å². The summed E-state index contributed by atoms with van der Waals surface area (Å²) in [6, 6.07) is 0. The molecule has 49 heteroatoms. The van der Waals surface area contributed by atoms with Crippen molar-refractivity contribution in [2.45, 2.75) is 0 Å². The maximum Gasteiger partial charge on any atom is 1.00 e. The van der Waals surface area contributed by atoms with E-state index < -0.39 is 0 Å². The van der Waals surface area contributed by atoms with E-state index in [1.165, 1.54) is 0 Å². The molecule has 0 aliphatic carbocycles. The molecule has 0 atom stereocenters. The third-order valence-electron chi connectivity index (χ3n) is 0. The molecule has 0 saturated carbocycles. The summed E-state index contributed by atoms with van der Waals surface area (Å²) in [5.41, 5.74) is 0. The van der Waals surface area contributed by atoms with Crippen LogP contribution in [0.3, 0.4) is 0 Å². The van der Waals surface area contributed by atoms with Gasteiger partial charge in [-0.1, -0.05) is 0 Å². The second-order valence-electron chi connectivity index (χ2n) is 0. The van der Waals surface area contributed by atoms with Crippen molar-refractivity contribution >= 4 is 0 Å². The predicted molar refractivity (Wildman–Crippen MR) is 0 cm³/mol. The van der Waals surface area contributed by atoms with Crippen LogP contribution in [0.4, 0.5) is 0 Å². The Hall–Kier alpha value is 80.2. The monoisotopic (exact) mass is 1910 g/mol. The Morgan fingerprint density at radius 2 is 0.0204 bits per heavy atom. The van der Waals surface area contributed by atoms with Crippen molar-refractivity contribution in [2.75, 3.05) is 0 Å². The van der Waals surface area contributed by atoms with E-state index in [2.05, 4.69) is 0 Å². The van der Waals surface area contributed by atoms with Gasteiger partial charge >= 0.3 is 2520 Å². The SMILES string of the molecule is [K+].[K+].[K+].[K+].[K+].[K+].[K+].[K+].[K+].[K+].[K+].[K+].[K+].[K+].[K+].[K+].[K+].[K+].[K+].[K+].[K+].[K+].[K+].[K+].[K+].[K+].[K+].[K+].[K+].[K+].[K+].[K+].[K+].[K+].[K+].[K+].[K+].[K+].[K+].[K+].[K+].[K+].[K+].[K+].[K+].[K+].[K+].[K+].[K+]. The van der Waals surface area contributed by atoms with Crippen LogP contribution in [0.1, 0.15) is 0 Å². The molecule has 0 bridgehead atoms. The molecule has 0 heterocycles. The smallest absolute Gasteiger partial charge is 1.00 e. The fourth-order valence-corrected chi connectivity index (χ4v) is 0. The predicted octanol–water partition coefficient (Wildman–Crippen LogP) is -147. The van der Waals surface area contributed by atoms with Crippen LogP contribution < -0.4 is 2520 Å². The fourth-order valence-electron chi connectivity index (χ4n) is 0. The number of rotatable bonds is 0. The maximum absolute atomic E-state index is 0. The summed E-state index contributed by atoms with van der Waals surface area (Å²) in [6.45, 7) is 0. The molecule has 0 spiro atoms. The summed E-state index contributed by atoms with van der Waals surface area (Å²) in [5.74, 6) is 0. The largest absolute Gasteiger partial charge is 1.00 e. The molecule has 0 fully saturated rings. The van der Waals surface area contributed by atoms with E-state index in [0.717, 1.165) is 0 Å². The third-order valence-corrected chi connectivity index (χ3v) is 0. The van der Waals surface area contributed by atoms with Crippen LogP contribution >= 0.6 is 0 Å². The van der Waals surface area contributed by atoms with Crippen molar-refractivity contribution in [1.29, 1.82) is 0 Å². The molecule has 0 aliphatic heterocycles. The Morgan fingerprint density at radius 1 is 0.0204 bits per heavy atom. The van der Waals surface area contributed by atoms with Crippen LogP contribution in [-0.2, 0) is 0 Å². The molecule has 0 radical (unpaired) electrons. The molecule has 49 heavy (non-hydrogen) atoms. The topological polar surface area (TPSA) is 0 Å². The van der Waals surface area contributed by atoms with Crippen molar-refractivity contribution < 1.29 is 2520 Å². The van der Waals surface area contributed by atoms with Gasteiger partial charge in [-0.3, -0.25) is 0 Å². The zero-order valence-corrected chi connectivity index (χ0v) is 202. The number of hydrogen-bond donors (Lipinski definition) is 0. The summed E-state index contributed by atoms with van der Waals surface area (Å²) >= 11 is 0. The Balaban J connectivity index is 0. The second-order valence-corrected chi connectivity index (χ2v) is 0. The maximum atomic E-state index is 0. The van der Waals surface area contributed by atoms with Crippen LogP contribution in [0, 0.1) is 0 Å². The summed E-state index contributed by atoms with van der Waals surface area (Å²) in [4.78, 5) is 0. The normalized spacial score (nSPS) is 0. The minimum Gasteiger partial charge on any atom is 1.00 e. The summed E-state index contributed by atoms with van der Waals surface area (Å²) in [5, 5.41) is 0. The zero-order chi connectivity index (χ0) is 0. The van der Waals surface area contributed by atoms with Gasteiger partial charge in [-0.05, 0) is 0 Å². The van der Waals surface area contributed by atoms with E-state index in [1.54, 1.807) is 0 Å². The third kappa shape index (κ3) is 317. The van der Waals surface area contributed by atoms with Crippen LogP contribution in [-0.4, -0.2) is 0 Å². The first-order chi connectivity index (χ1) is 0. The second kappa shape index (κ2) is 322. The average molecular weight is 1920 g/mol. The van der Waals surface area contributed by atoms with Gasteiger partial charge in [0.25, 0.3) is 0 Å². The Bertz CT molecular complexity index is 0. The molecule has 0 saturated heterocycles. The van der Waals surface area contributed by atoms with E-state index in [0.29, 0.717) is 0 Å². The van der Waals surface area contributed by atoms with Gasteiger partial charge in [0.05, 0.1) is 0 Å². The van der Waals surface area contributed by atoms with Crippen LogP contribution in [0.5, 0.6) is 0 Å². The molecule has 0 nitrogen and oxygen atoms in total. The van der Waals surface area contributed by atoms with Gasteiger partial charge in [0.1, 0.15) is 0 Å².